The van der Waals surface area contributed by atoms with Crippen LogP contribution in [0.25, 0.3) is 17.0 Å². The summed E-state index contributed by atoms with van der Waals surface area (Å²) in [6.07, 6.45) is 3.43. The van der Waals surface area contributed by atoms with Crippen LogP contribution in [0.15, 0.2) is 65.3 Å². The Morgan fingerprint density at radius 1 is 1.19 bits per heavy atom. The van der Waals surface area contributed by atoms with Gasteiger partial charge in [0.05, 0.1) is 24.0 Å². The monoisotopic (exact) mass is 350 g/mol. The van der Waals surface area contributed by atoms with E-state index in [-0.39, 0.29) is 6.54 Å². The van der Waals surface area contributed by atoms with E-state index in [4.69, 9.17) is 9.15 Å². The molecule has 3 rings (SSSR count). The number of hydrogen-bond acceptors (Lipinski definition) is 5. The van der Waals surface area contributed by atoms with E-state index in [9.17, 15) is 9.59 Å². The van der Waals surface area contributed by atoms with Crippen molar-refractivity contribution in [3.05, 3.63) is 72.3 Å². The van der Waals surface area contributed by atoms with E-state index in [0.717, 1.165) is 10.9 Å². The average Bonchev–Trinajstić information content (AvgIpc) is 3.17. The van der Waals surface area contributed by atoms with E-state index < -0.39 is 18.0 Å². The van der Waals surface area contributed by atoms with E-state index in [2.05, 4.69) is 10.3 Å². The molecule has 6 nitrogen and oxygen atoms in total. The number of amides is 1. The summed E-state index contributed by atoms with van der Waals surface area (Å²) in [5, 5.41) is 3.66. The van der Waals surface area contributed by atoms with Crippen LogP contribution in [-0.4, -0.2) is 23.0 Å². The smallest absolute Gasteiger partial charge is 0.331 e. The summed E-state index contributed by atoms with van der Waals surface area (Å²) in [6.45, 7) is 1.75. The Balaban J connectivity index is 1.53. The highest BCUT2D eigenvalue weighted by molar-refractivity contribution is 5.90. The standard InChI is InChI=1S/C20H18N2O4/c1-14(20(24)21-13-17-6-4-12-25-17)26-19(23)11-10-16-9-8-15-5-2-3-7-18(15)22-16/h2-12,14H,13H2,1H3,(H,21,24)/b11-10+. The molecule has 2 aromatic heterocycles. The Morgan fingerprint density at radius 2 is 2.04 bits per heavy atom. The first-order valence-electron chi connectivity index (χ1n) is 8.16. The van der Waals surface area contributed by atoms with Gasteiger partial charge in [-0.3, -0.25) is 4.79 Å². The van der Waals surface area contributed by atoms with E-state index in [1.807, 2.05) is 36.4 Å². The van der Waals surface area contributed by atoms with Crippen LogP contribution in [0, 0.1) is 0 Å². The topological polar surface area (TPSA) is 81.4 Å². The second-order valence-corrected chi connectivity index (χ2v) is 5.64. The molecule has 0 radical (unpaired) electrons. The number of furan rings is 1. The number of benzene rings is 1. The van der Waals surface area contributed by atoms with Gasteiger partial charge in [0.1, 0.15) is 5.76 Å². The fourth-order valence-electron chi connectivity index (χ4n) is 2.33. The summed E-state index contributed by atoms with van der Waals surface area (Å²) in [4.78, 5) is 28.3. The van der Waals surface area contributed by atoms with Crippen molar-refractivity contribution in [1.82, 2.24) is 10.3 Å². The summed E-state index contributed by atoms with van der Waals surface area (Å²) in [7, 11) is 0. The predicted molar refractivity (Wildman–Crippen MR) is 96.9 cm³/mol. The Hall–Kier alpha value is -3.41. The van der Waals surface area contributed by atoms with Crippen molar-refractivity contribution in [2.24, 2.45) is 0 Å². The van der Waals surface area contributed by atoms with Crippen LogP contribution < -0.4 is 5.32 Å². The first-order valence-corrected chi connectivity index (χ1v) is 8.16. The summed E-state index contributed by atoms with van der Waals surface area (Å²) >= 11 is 0. The van der Waals surface area contributed by atoms with E-state index in [0.29, 0.717) is 11.5 Å². The van der Waals surface area contributed by atoms with E-state index >= 15 is 0 Å². The number of nitrogens with zero attached hydrogens (tertiary/aromatic N) is 1. The third-order valence-corrected chi connectivity index (χ3v) is 3.69. The number of aromatic nitrogens is 1. The van der Waals surface area contributed by atoms with E-state index in [1.54, 1.807) is 18.2 Å². The molecule has 2 heterocycles. The number of fused-ring (bicyclic) bond motifs is 1. The molecule has 0 saturated heterocycles. The molecule has 1 atom stereocenters. The van der Waals surface area contributed by atoms with Gasteiger partial charge in [0, 0.05) is 11.5 Å². The van der Waals surface area contributed by atoms with Gasteiger partial charge in [0.2, 0.25) is 0 Å². The van der Waals surface area contributed by atoms with Crippen molar-refractivity contribution in [3.63, 3.8) is 0 Å². The minimum Gasteiger partial charge on any atom is -0.467 e. The van der Waals surface area contributed by atoms with Gasteiger partial charge in [0.25, 0.3) is 5.91 Å². The molecule has 0 bridgehead atoms. The fourth-order valence-corrected chi connectivity index (χ4v) is 2.33. The van der Waals surface area contributed by atoms with Crippen molar-refractivity contribution in [3.8, 4) is 0 Å². The van der Waals surface area contributed by atoms with Crippen molar-refractivity contribution in [2.45, 2.75) is 19.6 Å². The number of pyridine rings is 1. The molecule has 132 valence electrons. The number of carbonyl (C=O) groups excluding carboxylic acids is 2. The third-order valence-electron chi connectivity index (χ3n) is 3.69. The number of carbonyl (C=O) groups is 2. The number of hydrogen-bond donors (Lipinski definition) is 1. The largest absolute Gasteiger partial charge is 0.467 e. The minimum atomic E-state index is -0.910. The van der Waals surface area contributed by atoms with E-state index in [1.165, 1.54) is 19.3 Å². The normalized spacial score (nSPS) is 12.2. The second-order valence-electron chi connectivity index (χ2n) is 5.64. The molecule has 1 aromatic carbocycles. The van der Waals surface area contributed by atoms with Crippen molar-refractivity contribution < 1.29 is 18.7 Å². The molecule has 26 heavy (non-hydrogen) atoms. The highest BCUT2D eigenvalue weighted by Crippen LogP contribution is 2.12. The van der Waals surface area contributed by atoms with Crippen LogP contribution in [-0.2, 0) is 20.9 Å². The number of rotatable bonds is 6. The Kier molecular flexibility index (Phi) is 5.43. The quantitative estimate of drug-likeness (QED) is 0.546. The number of nitrogens with one attached hydrogen (secondary N) is 1. The molecule has 0 aliphatic heterocycles. The molecule has 0 saturated carbocycles. The highest BCUT2D eigenvalue weighted by atomic mass is 16.5. The molecular formula is C20H18N2O4. The lowest BCUT2D eigenvalue weighted by Gasteiger charge is -2.11. The van der Waals surface area contributed by atoms with Gasteiger partial charge in [-0.05, 0) is 37.3 Å². The van der Waals surface area contributed by atoms with Crippen molar-refractivity contribution >= 4 is 28.9 Å². The van der Waals surface area contributed by atoms with Crippen LogP contribution in [0.2, 0.25) is 0 Å². The maximum absolute atomic E-state index is 11.9. The van der Waals surface area contributed by atoms with Crippen LogP contribution in [0.3, 0.4) is 0 Å². The van der Waals surface area contributed by atoms with Gasteiger partial charge in [0.15, 0.2) is 6.10 Å². The van der Waals surface area contributed by atoms with Crippen molar-refractivity contribution in [2.75, 3.05) is 0 Å². The molecule has 3 aromatic rings. The Labute approximate surface area is 150 Å². The molecule has 1 unspecified atom stereocenters. The lowest BCUT2D eigenvalue weighted by molar-refractivity contribution is -0.150. The Bertz CT molecular complexity index is 932. The summed E-state index contributed by atoms with van der Waals surface area (Å²) in [6, 6.07) is 14.9. The maximum Gasteiger partial charge on any atom is 0.331 e. The first-order chi connectivity index (χ1) is 12.6. The number of ether oxygens (including phenoxy) is 1. The maximum atomic E-state index is 11.9. The van der Waals surface area contributed by atoms with Crippen LogP contribution in [0.1, 0.15) is 18.4 Å². The molecule has 1 amide bonds. The van der Waals surface area contributed by atoms with Crippen LogP contribution >= 0.6 is 0 Å². The van der Waals surface area contributed by atoms with Gasteiger partial charge < -0.3 is 14.5 Å². The predicted octanol–water partition coefficient (Wildman–Crippen LogP) is 3.09. The average molecular weight is 350 g/mol. The highest BCUT2D eigenvalue weighted by Gasteiger charge is 2.16. The molecule has 0 aliphatic rings. The molecule has 1 N–H and O–H groups in total. The lowest BCUT2D eigenvalue weighted by Crippen LogP contribution is -2.35. The molecule has 6 heteroatoms. The Morgan fingerprint density at radius 3 is 2.85 bits per heavy atom. The van der Waals surface area contributed by atoms with Gasteiger partial charge in [-0.25, -0.2) is 9.78 Å². The van der Waals surface area contributed by atoms with Gasteiger partial charge in [-0.2, -0.15) is 0 Å². The lowest BCUT2D eigenvalue weighted by atomic mass is 10.2. The first kappa shape index (κ1) is 17.4. The molecular weight excluding hydrogens is 332 g/mol. The second kappa shape index (κ2) is 8.11. The van der Waals surface area contributed by atoms with Crippen molar-refractivity contribution in [1.29, 1.82) is 0 Å². The zero-order valence-electron chi connectivity index (χ0n) is 14.2. The minimum absolute atomic E-state index is 0.241. The fraction of sp³-hybridized carbons (Fsp3) is 0.150. The van der Waals surface area contributed by atoms with Gasteiger partial charge in [-0.15, -0.1) is 0 Å². The van der Waals surface area contributed by atoms with Gasteiger partial charge in [-0.1, -0.05) is 24.3 Å². The molecule has 0 aliphatic carbocycles. The number of esters is 1. The molecule has 0 fully saturated rings. The van der Waals surface area contributed by atoms with Crippen LogP contribution in [0.4, 0.5) is 0 Å². The zero-order valence-corrected chi connectivity index (χ0v) is 14.2. The number of para-hydroxylation sites is 1. The van der Waals surface area contributed by atoms with Gasteiger partial charge >= 0.3 is 5.97 Å². The summed E-state index contributed by atoms with van der Waals surface area (Å²) in [5.41, 5.74) is 1.48. The third kappa shape index (κ3) is 4.57. The molecule has 0 spiro atoms. The SMILES string of the molecule is CC(OC(=O)/C=C/c1ccc2ccccc2n1)C(=O)NCc1ccco1. The summed E-state index contributed by atoms with van der Waals surface area (Å²) in [5.74, 6) is -0.383. The summed E-state index contributed by atoms with van der Waals surface area (Å²) < 4.78 is 10.2. The zero-order chi connectivity index (χ0) is 18.4. The van der Waals surface area contributed by atoms with Crippen LogP contribution in [0.5, 0.6) is 0 Å².